The molecule has 2 aromatic carbocycles. The molecule has 1 fully saturated rings. The molecule has 2 aromatic rings. The molecule has 2 amide bonds. The van der Waals surface area contributed by atoms with Gasteiger partial charge in [-0.15, -0.1) is 0 Å². The second kappa shape index (κ2) is 12.2. The van der Waals surface area contributed by atoms with Gasteiger partial charge in [-0.3, -0.25) is 19.4 Å². The van der Waals surface area contributed by atoms with Crippen LogP contribution in [0.4, 0.5) is 0 Å². The first kappa shape index (κ1) is 24.5. The summed E-state index contributed by atoms with van der Waals surface area (Å²) in [6.45, 7) is 4.87. The fourth-order valence-electron chi connectivity index (χ4n) is 3.81. The number of hydrogen-bond donors (Lipinski definition) is 1. The number of carbonyl (C=O) groups is 2. The Kier molecular flexibility index (Phi) is 9.09. The zero-order valence-electron chi connectivity index (χ0n) is 19.8. The fraction of sp³-hybridized carbons (Fsp3) is 0.440. The maximum Gasteiger partial charge on any atom is 0.236 e. The van der Waals surface area contributed by atoms with Crippen LogP contribution in [-0.4, -0.2) is 87.0 Å². The first-order valence-corrected chi connectivity index (χ1v) is 11.2. The Bertz CT molecular complexity index is 914. The van der Waals surface area contributed by atoms with Gasteiger partial charge in [-0.25, -0.2) is 0 Å². The average Bonchev–Trinajstić information content (AvgIpc) is 2.84. The summed E-state index contributed by atoms with van der Waals surface area (Å²) < 4.78 is 10.6. The zero-order valence-corrected chi connectivity index (χ0v) is 19.8. The van der Waals surface area contributed by atoms with Gasteiger partial charge >= 0.3 is 0 Å². The van der Waals surface area contributed by atoms with Gasteiger partial charge in [-0.1, -0.05) is 36.4 Å². The molecule has 1 N–H and O–H groups in total. The zero-order chi connectivity index (χ0) is 23.6. The first-order chi connectivity index (χ1) is 16.0. The standard InChI is InChI=1S/C25H34N4O4/c1-27(17-21-9-10-22(32-2)23(15-21)33-3)25(31)19-29-13-11-28(12-14-29)18-24(30)26-16-20-7-5-4-6-8-20/h4-10,15H,11-14,16-19H2,1-3H3,(H,26,30). The number of piperazine rings is 1. The van der Waals surface area contributed by atoms with E-state index < -0.39 is 0 Å². The molecule has 1 aliphatic heterocycles. The van der Waals surface area contributed by atoms with Crippen LogP contribution in [-0.2, 0) is 22.7 Å². The number of ether oxygens (including phenoxy) is 2. The monoisotopic (exact) mass is 454 g/mol. The lowest BCUT2D eigenvalue weighted by atomic mass is 10.2. The smallest absolute Gasteiger partial charge is 0.236 e. The van der Waals surface area contributed by atoms with Gasteiger partial charge in [0.25, 0.3) is 0 Å². The van der Waals surface area contributed by atoms with Crippen molar-refractivity contribution in [2.75, 3.05) is 60.5 Å². The number of amides is 2. The van der Waals surface area contributed by atoms with Crippen LogP contribution in [0, 0.1) is 0 Å². The third-order valence-electron chi connectivity index (χ3n) is 5.82. The highest BCUT2D eigenvalue weighted by molar-refractivity contribution is 5.78. The summed E-state index contributed by atoms with van der Waals surface area (Å²) in [5.41, 5.74) is 2.07. The average molecular weight is 455 g/mol. The minimum absolute atomic E-state index is 0.0260. The molecule has 1 aliphatic rings. The van der Waals surface area contributed by atoms with E-state index in [0.29, 0.717) is 37.7 Å². The SMILES string of the molecule is COc1ccc(CN(C)C(=O)CN2CCN(CC(=O)NCc3ccccc3)CC2)cc1OC. The lowest BCUT2D eigenvalue weighted by molar-refractivity contribution is -0.132. The van der Waals surface area contributed by atoms with E-state index in [-0.39, 0.29) is 11.8 Å². The summed E-state index contributed by atoms with van der Waals surface area (Å²) in [6.07, 6.45) is 0. The van der Waals surface area contributed by atoms with Crippen molar-refractivity contribution in [3.05, 3.63) is 59.7 Å². The molecule has 33 heavy (non-hydrogen) atoms. The molecule has 8 nitrogen and oxygen atoms in total. The quantitative estimate of drug-likeness (QED) is 0.588. The molecule has 0 aliphatic carbocycles. The normalized spacial score (nSPS) is 14.5. The first-order valence-electron chi connectivity index (χ1n) is 11.2. The second-order valence-electron chi connectivity index (χ2n) is 8.25. The van der Waals surface area contributed by atoms with E-state index in [1.165, 1.54) is 0 Å². The molecule has 3 rings (SSSR count). The summed E-state index contributed by atoms with van der Waals surface area (Å²) in [6, 6.07) is 15.6. The Morgan fingerprint density at radius 3 is 2.15 bits per heavy atom. The van der Waals surface area contributed by atoms with Gasteiger partial charge in [0, 0.05) is 46.3 Å². The van der Waals surface area contributed by atoms with E-state index in [1.54, 1.807) is 19.1 Å². The predicted octanol–water partition coefficient (Wildman–Crippen LogP) is 1.60. The molecule has 8 heteroatoms. The molecule has 0 bridgehead atoms. The Hall–Kier alpha value is -3.10. The van der Waals surface area contributed by atoms with Crippen LogP contribution in [0.15, 0.2) is 48.5 Å². The largest absolute Gasteiger partial charge is 0.493 e. The highest BCUT2D eigenvalue weighted by Gasteiger charge is 2.22. The fourth-order valence-corrected chi connectivity index (χ4v) is 3.81. The molecule has 0 saturated carbocycles. The topological polar surface area (TPSA) is 74.4 Å². The van der Waals surface area contributed by atoms with Crippen LogP contribution in [0.1, 0.15) is 11.1 Å². The Balaban J connectivity index is 1.38. The van der Waals surface area contributed by atoms with E-state index in [4.69, 9.17) is 9.47 Å². The van der Waals surface area contributed by atoms with Crippen LogP contribution in [0.25, 0.3) is 0 Å². The number of nitrogens with one attached hydrogen (secondary N) is 1. The molecular formula is C25H34N4O4. The van der Waals surface area contributed by atoms with E-state index in [9.17, 15) is 9.59 Å². The summed E-state index contributed by atoms with van der Waals surface area (Å²) in [5, 5.41) is 2.97. The number of nitrogens with zero attached hydrogens (tertiary/aromatic N) is 3. The number of rotatable bonds is 10. The van der Waals surface area contributed by atoms with Gasteiger partial charge in [-0.2, -0.15) is 0 Å². The third kappa shape index (κ3) is 7.47. The summed E-state index contributed by atoms with van der Waals surface area (Å²) in [7, 11) is 5.01. The molecule has 0 aromatic heterocycles. The van der Waals surface area contributed by atoms with Crippen molar-refractivity contribution < 1.29 is 19.1 Å². The van der Waals surface area contributed by atoms with Gasteiger partial charge in [0.2, 0.25) is 11.8 Å². The van der Waals surface area contributed by atoms with Gasteiger partial charge in [0.1, 0.15) is 0 Å². The van der Waals surface area contributed by atoms with Crippen molar-refractivity contribution in [3.8, 4) is 11.5 Å². The lowest BCUT2D eigenvalue weighted by Crippen LogP contribution is -2.51. The summed E-state index contributed by atoms with van der Waals surface area (Å²) in [5.74, 6) is 1.42. The Labute approximate surface area is 196 Å². The highest BCUT2D eigenvalue weighted by atomic mass is 16.5. The van der Waals surface area contributed by atoms with Crippen molar-refractivity contribution in [2.45, 2.75) is 13.1 Å². The summed E-state index contributed by atoms with van der Waals surface area (Å²) >= 11 is 0. The Morgan fingerprint density at radius 2 is 1.52 bits per heavy atom. The second-order valence-corrected chi connectivity index (χ2v) is 8.25. The molecule has 1 saturated heterocycles. The minimum atomic E-state index is 0.0260. The van der Waals surface area contributed by atoms with Crippen molar-refractivity contribution in [1.29, 1.82) is 0 Å². The van der Waals surface area contributed by atoms with Gasteiger partial charge in [0.05, 0.1) is 27.3 Å². The van der Waals surface area contributed by atoms with Crippen molar-refractivity contribution in [2.24, 2.45) is 0 Å². The number of likely N-dealkylation sites (N-methyl/N-ethyl adjacent to an activating group) is 1. The van der Waals surface area contributed by atoms with Gasteiger partial charge in [-0.05, 0) is 23.3 Å². The van der Waals surface area contributed by atoms with Crippen molar-refractivity contribution in [3.63, 3.8) is 0 Å². The Morgan fingerprint density at radius 1 is 0.879 bits per heavy atom. The molecule has 0 radical (unpaired) electrons. The van der Waals surface area contributed by atoms with Gasteiger partial charge < -0.3 is 19.7 Å². The summed E-state index contributed by atoms with van der Waals surface area (Å²) in [4.78, 5) is 31.0. The van der Waals surface area contributed by atoms with Crippen LogP contribution < -0.4 is 14.8 Å². The van der Waals surface area contributed by atoms with Crippen molar-refractivity contribution >= 4 is 11.8 Å². The van der Waals surface area contributed by atoms with Crippen molar-refractivity contribution in [1.82, 2.24) is 20.0 Å². The maximum atomic E-state index is 12.7. The van der Waals surface area contributed by atoms with E-state index in [2.05, 4.69) is 15.1 Å². The number of hydrogen-bond acceptors (Lipinski definition) is 6. The number of benzene rings is 2. The van der Waals surface area contributed by atoms with E-state index in [1.807, 2.05) is 55.6 Å². The number of methoxy groups -OCH3 is 2. The maximum absolute atomic E-state index is 12.7. The van der Waals surface area contributed by atoms with Crippen LogP contribution in [0.2, 0.25) is 0 Å². The molecule has 178 valence electrons. The van der Waals surface area contributed by atoms with E-state index in [0.717, 1.165) is 37.3 Å². The van der Waals surface area contributed by atoms with Crippen LogP contribution in [0.3, 0.4) is 0 Å². The third-order valence-corrected chi connectivity index (χ3v) is 5.82. The molecule has 0 spiro atoms. The van der Waals surface area contributed by atoms with Gasteiger partial charge in [0.15, 0.2) is 11.5 Å². The van der Waals surface area contributed by atoms with E-state index >= 15 is 0 Å². The minimum Gasteiger partial charge on any atom is -0.493 e. The molecule has 1 heterocycles. The molecule has 0 atom stereocenters. The highest BCUT2D eigenvalue weighted by Crippen LogP contribution is 2.27. The molecule has 0 unspecified atom stereocenters. The molecular weight excluding hydrogens is 420 g/mol. The predicted molar refractivity (Wildman–Crippen MR) is 127 cm³/mol. The van der Waals surface area contributed by atoms with Crippen LogP contribution >= 0.6 is 0 Å². The van der Waals surface area contributed by atoms with Crippen LogP contribution in [0.5, 0.6) is 11.5 Å². The lowest BCUT2D eigenvalue weighted by Gasteiger charge is -2.34. The number of carbonyl (C=O) groups excluding carboxylic acids is 2.